The van der Waals surface area contributed by atoms with Crippen molar-refractivity contribution >= 4 is 40.1 Å². The van der Waals surface area contributed by atoms with Crippen LogP contribution in [0.2, 0.25) is 0 Å². The summed E-state index contributed by atoms with van der Waals surface area (Å²) >= 11 is 1.68. The van der Waals surface area contributed by atoms with E-state index in [1.54, 1.807) is 22.9 Å². The van der Waals surface area contributed by atoms with Crippen LogP contribution in [0, 0.1) is 6.92 Å². The van der Waals surface area contributed by atoms with Gasteiger partial charge >= 0.3 is 12.3 Å². The molecule has 0 saturated carbocycles. The van der Waals surface area contributed by atoms with Crippen LogP contribution in [0.25, 0.3) is 10.9 Å². The standard InChI is InChI=1S/C33H43F3N4O2S/c1-24-22-26(11-13-29(24)39-17-19-40(20-18-39)31(41)42-32(2,3)4)38(5)16-8-6-7-9-21-43-30-14-15-37-28-23-25(33(34,35)36)10-12-27(28)30/h10-15,22-23H,6-9,16-21H2,1-5H3. The number of ether oxygens (including phenoxy) is 1. The summed E-state index contributed by atoms with van der Waals surface area (Å²) in [6.07, 6.45) is 1.35. The number of benzene rings is 2. The number of amides is 1. The monoisotopic (exact) mass is 616 g/mol. The van der Waals surface area contributed by atoms with Gasteiger partial charge in [-0.15, -0.1) is 11.8 Å². The number of aryl methyl sites for hydroxylation is 1. The summed E-state index contributed by atoms with van der Waals surface area (Å²) < 4.78 is 44.6. The Hall–Kier alpha value is -3.14. The Balaban J connectivity index is 1.17. The third kappa shape index (κ3) is 9.17. The number of piperazine rings is 1. The first kappa shape index (κ1) is 32.8. The smallest absolute Gasteiger partial charge is 0.416 e. The molecule has 0 bridgehead atoms. The number of pyridine rings is 1. The predicted molar refractivity (Wildman–Crippen MR) is 170 cm³/mol. The third-order valence-electron chi connectivity index (χ3n) is 7.57. The topological polar surface area (TPSA) is 48.9 Å². The van der Waals surface area contributed by atoms with E-state index in [-0.39, 0.29) is 6.09 Å². The molecular weight excluding hydrogens is 573 g/mol. The lowest BCUT2D eigenvalue weighted by Gasteiger charge is -2.37. The Morgan fingerprint density at radius 2 is 1.70 bits per heavy atom. The number of hydrogen-bond donors (Lipinski definition) is 0. The normalized spacial score (nSPS) is 14.3. The highest BCUT2D eigenvalue weighted by Gasteiger charge is 2.31. The summed E-state index contributed by atoms with van der Waals surface area (Å²) in [4.78, 5) is 23.9. The fraction of sp³-hybridized carbons (Fsp3) is 0.515. The Bertz CT molecular complexity index is 1380. The number of carbonyl (C=O) groups is 1. The molecule has 0 radical (unpaired) electrons. The van der Waals surface area contributed by atoms with Gasteiger partial charge in [0, 0.05) is 67.6 Å². The summed E-state index contributed by atoms with van der Waals surface area (Å²) in [6.45, 7) is 11.6. The van der Waals surface area contributed by atoms with Gasteiger partial charge in [-0.1, -0.05) is 18.9 Å². The van der Waals surface area contributed by atoms with Gasteiger partial charge in [-0.2, -0.15) is 13.2 Å². The molecule has 0 spiro atoms. The summed E-state index contributed by atoms with van der Waals surface area (Å²) in [5, 5.41) is 0.770. The number of halogens is 3. The molecule has 1 amide bonds. The van der Waals surface area contributed by atoms with Gasteiger partial charge in [-0.25, -0.2) is 4.79 Å². The second-order valence-electron chi connectivity index (χ2n) is 12.1. The first-order valence-electron chi connectivity index (χ1n) is 15.0. The van der Waals surface area contributed by atoms with E-state index in [1.807, 2.05) is 26.8 Å². The highest BCUT2D eigenvalue weighted by molar-refractivity contribution is 7.99. The van der Waals surface area contributed by atoms with Gasteiger partial charge in [0.2, 0.25) is 0 Å². The van der Waals surface area contributed by atoms with Crippen LogP contribution in [0.3, 0.4) is 0 Å². The number of carbonyl (C=O) groups excluding carboxylic acids is 1. The lowest BCUT2D eigenvalue weighted by molar-refractivity contribution is -0.137. The number of anilines is 2. The van der Waals surface area contributed by atoms with Gasteiger partial charge in [-0.3, -0.25) is 4.98 Å². The third-order valence-corrected chi connectivity index (χ3v) is 8.73. The molecule has 10 heteroatoms. The minimum absolute atomic E-state index is 0.243. The minimum atomic E-state index is -4.36. The molecule has 234 valence electrons. The van der Waals surface area contributed by atoms with E-state index in [9.17, 15) is 18.0 Å². The second kappa shape index (κ2) is 14.1. The van der Waals surface area contributed by atoms with E-state index in [2.05, 4.69) is 47.0 Å². The molecule has 2 heterocycles. The van der Waals surface area contributed by atoms with Crippen LogP contribution in [0.15, 0.2) is 53.6 Å². The van der Waals surface area contributed by atoms with Crippen molar-refractivity contribution < 1.29 is 22.7 Å². The molecule has 2 aromatic carbocycles. The maximum atomic E-state index is 13.0. The lowest BCUT2D eigenvalue weighted by Crippen LogP contribution is -2.50. The van der Waals surface area contributed by atoms with Crippen LogP contribution in [0.1, 0.15) is 57.6 Å². The van der Waals surface area contributed by atoms with E-state index >= 15 is 0 Å². The molecule has 1 aliphatic rings. The average molecular weight is 617 g/mol. The zero-order valence-electron chi connectivity index (χ0n) is 25.8. The molecule has 1 aliphatic heterocycles. The first-order valence-corrected chi connectivity index (χ1v) is 15.9. The predicted octanol–water partition coefficient (Wildman–Crippen LogP) is 8.41. The fourth-order valence-electron chi connectivity index (χ4n) is 5.23. The van der Waals surface area contributed by atoms with Gasteiger partial charge in [-0.05, 0) is 88.3 Å². The molecule has 3 aromatic rings. The molecule has 0 atom stereocenters. The van der Waals surface area contributed by atoms with Gasteiger partial charge in [0.15, 0.2) is 0 Å². The first-order chi connectivity index (χ1) is 20.3. The number of unbranched alkanes of at least 4 members (excludes halogenated alkanes) is 3. The Morgan fingerprint density at radius 1 is 0.977 bits per heavy atom. The van der Waals surface area contributed by atoms with Crippen LogP contribution in [0.5, 0.6) is 0 Å². The van der Waals surface area contributed by atoms with Crippen molar-refractivity contribution in [3.63, 3.8) is 0 Å². The molecule has 0 aliphatic carbocycles. The zero-order valence-corrected chi connectivity index (χ0v) is 26.7. The highest BCUT2D eigenvalue weighted by atomic mass is 32.2. The van der Waals surface area contributed by atoms with Crippen molar-refractivity contribution in [2.75, 3.05) is 55.3 Å². The summed E-state index contributed by atoms with van der Waals surface area (Å²) in [5.41, 5.74) is 2.86. The van der Waals surface area contributed by atoms with E-state index in [1.165, 1.54) is 23.0 Å². The lowest BCUT2D eigenvalue weighted by atomic mass is 10.1. The second-order valence-corrected chi connectivity index (χ2v) is 13.3. The minimum Gasteiger partial charge on any atom is -0.444 e. The SMILES string of the molecule is Cc1cc(N(C)CCCCCCSc2ccnc3cc(C(F)(F)F)ccc23)ccc1N1CCN(C(=O)OC(C)(C)C)CC1. The molecule has 6 nitrogen and oxygen atoms in total. The molecule has 1 fully saturated rings. The number of aromatic nitrogens is 1. The largest absolute Gasteiger partial charge is 0.444 e. The number of alkyl halides is 3. The number of fused-ring (bicyclic) bond motifs is 1. The molecule has 4 rings (SSSR count). The van der Waals surface area contributed by atoms with E-state index in [4.69, 9.17) is 4.74 Å². The number of thioether (sulfide) groups is 1. The molecule has 1 aromatic heterocycles. The van der Waals surface area contributed by atoms with Crippen LogP contribution < -0.4 is 9.80 Å². The molecule has 0 unspecified atom stereocenters. The highest BCUT2D eigenvalue weighted by Crippen LogP contribution is 2.34. The van der Waals surface area contributed by atoms with E-state index in [0.29, 0.717) is 18.6 Å². The van der Waals surface area contributed by atoms with Crippen molar-refractivity contribution in [3.05, 3.63) is 59.8 Å². The molecule has 1 saturated heterocycles. The number of hydrogen-bond acceptors (Lipinski definition) is 6. The van der Waals surface area contributed by atoms with Crippen molar-refractivity contribution in [1.82, 2.24) is 9.88 Å². The average Bonchev–Trinajstić information content (AvgIpc) is 2.95. The number of nitrogens with zero attached hydrogens (tertiary/aromatic N) is 4. The quantitative estimate of drug-likeness (QED) is 0.168. The van der Waals surface area contributed by atoms with Crippen LogP contribution in [0.4, 0.5) is 29.3 Å². The summed E-state index contributed by atoms with van der Waals surface area (Å²) in [7, 11) is 2.13. The van der Waals surface area contributed by atoms with E-state index in [0.717, 1.165) is 73.5 Å². The van der Waals surface area contributed by atoms with Crippen LogP contribution >= 0.6 is 11.8 Å². The summed E-state index contributed by atoms with van der Waals surface area (Å²) in [6, 6.07) is 12.3. The summed E-state index contributed by atoms with van der Waals surface area (Å²) in [5.74, 6) is 0.919. The maximum absolute atomic E-state index is 13.0. The van der Waals surface area contributed by atoms with Gasteiger partial charge in [0.1, 0.15) is 5.60 Å². The van der Waals surface area contributed by atoms with Crippen LogP contribution in [-0.4, -0.2) is 67.1 Å². The number of rotatable bonds is 10. The molecular formula is C33H43F3N4O2S. The fourth-order valence-corrected chi connectivity index (χ4v) is 6.28. The Kier molecular flexibility index (Phi) is 10.7. The van der Waals surface area contributed by atoms with Gasteiger partial charge < -0.3 is 19.4 Å². The molecule has 43 heavy (non-hydrogen) atoms. The van der Waals surface area contributed by atoms with Crippen LogP contribution in [-0.2, 0) is 10.9 Å². The van der Waals surface area contributed by atoms with Crippen molar-refractivity contribution in [1.29, 1.82) is 0 Å². The van der Waals surface area contributed by atoms with Gasteiger partial charge in [0.25, 0.3) is 0 Å². The Morgan fingerprint density at radius 3 is 2.37 bits per heavy atom. The van der Waals surface area contributed by atoms with Crippen molar-refractivity contribution in [3.8, 4) is 0 Å². The molecule has 0 N–H and O–H groups in total. The maximum Gasteiger partial charge on any atom is 0.416 e. The van der Waals surface area contributed by atoms with Crippen molar-refractivity contribution in [2.24, 2.45) is 0 Å². The van der Waals surface area contributed by atoms with Gasteiger partial charge in [0.05, 0.1) is 11.1 Å². The van der Waals surface area contributed by atoms with Crippen molar-refractivity contribution in [2.45, 2.75) is 70.1 Å². The van der Waals surface area contributed by atoms with E-state index < -0.39 is 17.3 Å². The Labute approximate surface area is 257 Å². The zero-order chi connectivity index (χ0) is 31.2.